The lowest BCUT2D eigenvalue weighted by Gasteiger charge is -2.02. The molecule has 0 saturated heterocycles. The molecule has 1 unspecified atom stereocenters. The maximum Gasteiger partial charge on any atom is 0.0297 e. The number of hydrogen-bond donors (Lipinski definition) is 0. The van der Waals surface area contributed by atoms with Gasteiger partial charge < -0.3 is 0 Å². The Morgan fingerprint density at radius 1 is 1.38 bits per heavy atom. The van der Waals surface area contributed by atoms with Gasteiger partial charge in [0.1, 0.15) is 0 Å². The van der Waals surface area contributed by atoms with E-state index in [1.54, 1.807) is 0 Å². The summed E-state index contributed by atoms with van der Waals surface area (Å²) >= 11 is 0. The Morgan fingerprint density at radius 3 is 2.62 bits per heavy atom. The SMILES string of the molecule is C=C(C)N=CCC(C)C/C=C\CC. The molecule has 1 atom stereocenters. The fourth-order valence-corrected chi connectivity index (χ4v) is 0.980. The summed E-state index contributed by atoms with van der Waals surface area (Å²) in [5.41, 5.74) is 0.885. The zero-order valence-electron chi connectivity index (χ0n) is 9.09. The van der Waals surface area contributed by atoms with E-state index in [0.29, 0.717) is 5.92 Å². The van der Waals surface area contributed by atoms with Crippen molar-refractivity contribution in [3.05, 3.63) is 24.4 Å². The summed E-state index contributed by atoms with van der Waals surface area (Å²) in [5.74, 6) is 0.686. The summed E-state index contributed by atoms with van der Waals surface area (Å²) < 4.78 is 0. The quantitative estimate of drug-likeness (QED) is 0.432. The number of aliphatic imine (C=N–C) groups is 1. The van der Waals surface area contributed by atoms with Gasteiger partial charge in [-0.3, -0.25) is 4.99 Å². The molecule has 13 heavy (non-hydrogen) atoms. The average molecular weight is 179 g/mol. The Morgan fingerprint density at radius 2 is 2.08 bits per heavy atom. The third-order valence-electron chi connectivity index (χ3n) is 1.76. The van der Waals surface area contributed by atoms with Crippen LogP contribution in [0, 0.1) is 5.92 Å². The summed E-state index contributed by atoms with van der Waals surface area (Å²) in [6.07, 6.45) is 9.75. The monoisotopic (exact) mass is 179 g/mol. The standard InChI is InChI=1S/C12H21N/c1-5-6-7-8-12(4)9-10-13-11(2)3/h6-7,10,12H,2,5,8-9H2,1,3-4H3/b7-6-,13-10?. The summed E-state index contributed by atoms with van der Waals surface area (Å²) in [5, 5.41) is 0. The van der Waals surface area contributed by atoms with Crippen molar-refractivity contribution in [2.24, 2.45) is 10.9 Å². The van der Waals surface area contributed by atoms with Crippen molar-refractivity contribution in [1.82, 2.24) is 0 Å². The maximum atomic E-state index is 4.15. The predicted molar refractivity (Wildman–Crippen MR) is 61.1 cm³/mol. The van der Waals surface area contributed by atoms with Crippen LogP contribution in [0.4, 0.5) is 0 Å². The fourth-order valence-electron chi connectivity index (χ4n) is 0.980. The molecule has 0 aliphatic rings. The molecular formula is C12H21N. The Bertz CT molecular complexity index is 189. The van der Waals surface area contributed by atoms with Crippen molar-refractivity contribution in [3.63, 3.8) is 0 Å². The summed E-state index contributed by atoms with van der Waals surface area (Å²) in [4.78, 5) is 4.15. The number of hydrogen-bond acceptors (Lipinski definition) is 1. The minimum absolute atomic E-state index is 0.686. The van der Waals surface area contributed by atoms with Gasteiger partial charge in [0.2, 0.25) is 0 Å². The molecule has 74 valence electrons. The molecule has 0 aliphatic heterocycles. The molecule has 0 heterocycles. The van der Waals surface area contributed by atoms with Crippen molar-refractivity contribution in [1.29, 1.82) is 0 Å². The average Bonchev–Trinajstić information content (AvgIpc) is 2.04. The van der Waals surface area contributed by atoms with Gasteiger partial charge in [-0.2, -0.15) is 0 Å². The first kappa shape index (κ1) is 12.2. The van der Waals surface area contributed by atoms with E-state index in [0.717, 1.165) is 25.0 Å². The molecule has 0 bridgehead atoms. The normalized spacial score (nSPS) is 14.1. The van der Waals surface area contributed by atoms with Crippen LogP contribution in [0.3, 0.4) is 0 Å². The van der Waals surface area contributed by atoms with E-state index >= 15 is 0 Å². The smallest absolute Gasteiger partial charge is 0.0297 e. The van der Waals surface area contributed by atoms with E-state index in [4.69, 9.17) is 0 Å². The van der Waals surface area contributed by atoms with Gasteiger partial charge in [-0.05, 0) is 32.1 Å². The molecular weight excluding hydrogens is 158 g/mol. The lowest BCUT2D eigenvalue weighted by molar-refractivity contribution is 0.624. The highest BCUT2D eigenvalue weighted by atomic mass is 14.7. The van der Waals surface area contributed by atoms with Crippen LogP contribution in [-0.2, 0) is 0 Å². The first-order valence-corrected chi connectivity index (χ1v) is 4.99. The fraction of sp³-hybridized carbons (Fsp3) is 0.583. The number of allylic oxidation sites excluding steroid dienone is 3. The molecule has 0 fully saturated rings. The van der Waals surface area contributed by atoms with Crippen LogP contribution in [0.5, 0.6) is 0 Å². The lowest BCUT2D eigenvalue weighted by atomic mass is 10.0. The number of rotatable bonds is 6. The van der Waals surface area contributed by atoms with Crippen molar-refractivity contribution in [2.75, 3.05) is 0 Å². The first-order valence-electron chi connectivity index (χ1n) is 4.99. The number of nitrogens with zero attached hydrogens (tertiary/aromatic N) is 1. The molecule has 0 radical (unpaired) electrons. The van der Waals surface area contributed by atoms with Gasteiger partial charge in [0, 0.05) is 11.9 Å². The van der Waals surface area contributed by atoms with Crippen molar-refractivity contribution < 1.29 is 0 Å². The Kier molecular flexibility index (Phi) is 7.27. The Labute approximate surface area is 82.3 Å². The van der Waals surface area contributed by atoms with Crippen LogP contribution in [0.2, 0.25) is 0 Å². The molecule has 0 N–H and O–H groups in total. The minimum atomic E-state index is 0.686. The Balaban J connectivity index is 3.56. The van der Waals surface area contributed by atoms with Gasteiger partial charge in [-0.15, -0.1) is 0 Å². The van der Waals surface area contributed by atoms with Gasteiger partial charge in [-0.25, -0.2) is 0 Å². The second-order valence-electron chi connectivity index (χ2n) is 3.50. The molecule has 1 nitrogen and oxygen atoms in total. The second-order valence-corrected chi connectivity index (χ2v) is 3.50. The van der Waals surface area contributed by atoms with E-state index in [-0.39, 0.29) is 0 Å². The summed E-state index contributed by atoms with van der Waals surface area (Å²) in [7, 11) is 0. The third kappa shape index (κ3) is 9.06. The molecule has 0 aromatic heterocycles. The zero-order chi connectivity index (χ0) is 10.1. The van der Waals surface area contributed by atoms with E-state index in [9.17, 15) is 0 Å². The molecule has 0 amide bonds. The molecule has 0 aliphatic carbocycles. The van der Waals surface area contributed by atoms with Gasteiger partial charge in [0.05, 0.1) is 0 Å². The van der Waals surface area contributed by atoms with Crippen LogP contribution in [0.15, 0.2) is 29.4 Å². The zero-order valence-corrected chi connectivity index (χ0v) is 9.09. The second kappa shape index (κ2) is 7.78. The molecule has 0 saturated carbocycles. The van der Waals surface area contributed by atoms with E-state index in [2.05, 4.69) is 37.6 Å². The molecule has 1 heteroatoms. The van der Waals surface area contributed by atoms with Gasteiger partial charge >= 0.3 is 0 Å². The third-order valence-corrected chi connectivity index (χ3v) is 1.76. The van der Waals surface area contributed by atoms with Crippen LogP contribution < -0.4 is 0 Å². The van der Waals surface area contributed by atoms with Crippen LogP contribution in [0.1, 0.15) is 40.0 Å². The van der Waals surface area contributed by atoms with Crippen LogP contribution in [-0.4, -0.2) is 6.21 Å². The lowest BCUT2D eigenvalue weighted by Crippen LogP contribution is -1.93. The highest BCUT2D eigenvalue weighted by molar-refractivity contribution is 5.58. The molecule has 0 aromatic carbocycles. The Hall–Kier alpha value is -0.850. The van der Waals surface area contributed by atoms with Crippen LogP contribution in [0.25, 0.3) is 0 Å². The summed E-state index contributed by atoms with van der Waals surface area (Å²) in [6.45, 7) is 10.0. The summed E-state index contributed by atoms with van der Waals surface area (Å²) in [6, 6.07) is 0. The topological polar surface area (TPSA) is 12.4 Å². The molecule has 0 spiro atoms. The molecule has 0 aromatic rings. The predicted octanol–water partition coefficient (Wildman–Crippen LogP) is 3.97. The maximum absolute atomic E-state index is 4.15. The van der Waals surface area contributed by atoms with Gasteiger partial charge in [0.15, 0.2) is 0 Å². The highest BCUT2D eigenvalue weighted by Gasteiger charge is 1.95. The van der Waals surface area contributed by atoms with Crippen molar-refractivity contribution in [3.8, 4) is 0 Å². The van der Waals surface area contributed by atoms with E-state index in [1.165, 1.54) is 0 Å². The van der Waals surface area contributed by atoms with E-state index in [1.807, 2.05) is 13.1 Å². The van der Waals surface area contributed by atoms with Crippen molar-refractivity contribution >= 4 is 6.21 Å². The highest BCUT2D eigenvalue weighted by Crippen LogP contribution is 2.07. The van der Waals surface area contributed by atoms with Crippen molar-refractivity contribution in [2.45, 2.75) is 40.0 Å². The molecule has 0 rings (SSSR count). The minimum Gasteiger partial charge on any atom is -0.267 e. The van der Waals surface area contributed by atoms with E-state index < -0.39 is 0 Å². The van der Waals surface area contributed by atoms with Gasteiger partial charge in [0.25, 0.3) is 0 Å². The first-order chi connectivity index (χ1) is 6.16. The largest absolute Gasteiger partial charge is 0.267 e. The van der Waals surface area contributed by atoms with Gasteiger partial charge in [-0.1, -0.05) is 32.6 Å². The van der Waals surface area contributed by atoms with Crippen LogP contribution >= 0.6 is 0 Å².